The number of H-pyrrole nitrogens is 1. The average molecular weight is 234 g/mol. The first-order chi connectivity index (χ1) is 8.11. The minimum Gasteiger partial charge on any atom is -0.480 e. The lowest BCUT2D eigenvalue weighted by atomic mass is 10.2. The van der Waals surface area contributed by atoms with E-state index in [0.717, 1.165) is 11.1 Å². The summed E-state index contributed by atoms with van der Waals surface area (Å²) < 4.78 is 0. The summed E-state index contributed by atoms with van der Waals surface area (Å²) >= 11 is 0. The predicted molar refractivity (Wildman–Crippen MR) is 64.0 cm³/mol. The number of rotatable bonds is 4. The van der Waals surface area contributed by atoms with Crippen molar-refractivity contribution in [3.63, 3.8) is 0 Å². The van der Waals surface area contributed by atoms with Crippen molar-refractivity contribution in [2.75, 3.05) is 5.32 Å². The fourth-order valence-corrected chi connectivity index (χ4v) is 1.69. The van der Waals surface area contributed by atoms with E-state index >= 15 is 0 Å². The Bertz CT molecular complexity index is 549. The molecule has 3 N–H and O–H groups in total. The normalized spacial score (nSPS) is 12.6. The molecule has 0 bridgehead atoms. The largest absolute Gasteiger partial charge is 0.480 e. The molecular formula is C11H14N4O2. The van der Waals surface area contributed by atoms with Gasteiger partial charge in [-0.3, -0.25) is 0 Å². The van der Waals surface area contributed by atoms with Crippen LogP contribution in [0.3, 0.4) is 0 Å². The molecule has 6 heteroatoms. The maximum Gasteiger partial charge on any atom is 0.326 e. The van der Waals surface area contributed by atoms with Gasteiger partial charge in [-0.1, -0.05) is 6.92 Å². The van der Waals surface area contributed by atoms with E-state index in [1.54, 1.807) is 0 Å². The minimum atomic E-state index is -0.883. The lowest BCUT2D eigenvalue weighted by molar-refractivity contribution is -0.137. The molecule has 6 nitrogen and oxygen atoms in total. The zero-order valence-electron chi connectivity index (χ0n) is 9.69. The number of hydrogen-bond donors (Lipinski definition) is 3. The number of fused-ring (bicyclic) bond motifs is 1. The Labute approximate surface area is 98.1 Å². The van der Waals surface area contributed by atoms with Crippen LogP contribution in [0.15, 0.2) is 12.4 Å². The van der Waals surface area contributed by atoms with Crippen molar-refractivity contribution in [2.45, 2.75) is 26.3 Å². The van der Waals surface area contributed by atoms with Crippen molar-refractivity contribution < 1.29 is 9.90 Å². The van der Waals surface area contributed by atoms with Gasteiger partial charge in [-0.05, 0) is 19.4 Å². The lowest BCUT2D eigenvalue weighted by Crippen LogP contribution is -2.28. The van der Waals surface area contributed by atoms with Crippen LogP contribution in [0.25, 0.3) is 11.0 Å². The second-order valence-corrected chi connectivity index (χ2v) is 3.88. The molecule has 2 aromatic heterocycles. The van der Waals surface area contributed by atoms with E-state index in [2.05, 4.69) is 20.3 Å². The number of carboxylic acids is 1. The Balaban J connectivity index is 2.38. The van der Waals surface area contributed by atoms with Gasteiger partial charge in [0.25, 0.3) is 0 Å². The Hall–Kier alpha value is -2.11. The standard InChI is InChI=1S/C11H14N4O2/c1-3-8(11(16)17)15-10-7-4-6(2)14-9(7)12-5-13-10/h4-5,8H,3H2,1-2H3,(H,16,17)(H2,12,13,14,15). The van der Waals surface area contributed by atoms with Crippen molar-refractivity contribution in [3.05, 3.63) is 18.1 Å². The lowest BCUT2D eigenvalue weighted by Gasteiger charge is -2.12. The van der Waals surface area contributed by atoms with E-state index < -0.39 is 12.0 Å². The fourth-order valence-electron chi connectivity index (χ4n) is 1.69. The van der Waals surface area contributed by atoms with Gasteiger partial charge in [-0.15, -0.1) is 0 Å². The smallest absolute Gasteiger partial charge is 0.326 e. The second kappa shape index (κ2) is 4.40. The van der Waals surface area contributed by atoms with E-state index in [0.29, 0.717) is 17.9 Å². The first kappa shape index (κ1) is 11.4. The molecule has 17 heavy (non-hydrogen) atoms. The average Bonchev–Trinajstić information content (AvgIpc) is 2.66. The van der Waals surface area contributed by atoms with Crippen LogP contribution in [0.2, 0.25) is 0 Å². The quantitative estimate of drug-likeness (QED) is 0.746. The SMILES string of the molecule is CCC(Nc1ncnc2[nH]c(C)cc12)C(=O)O. The summed E-state index contributed by atoms with van der Waals surface area (Å²) in [5.74, 6) is -0.333. The Morgan fingerprint density at radius 1 is 1.59 bits per heavy atom. The monoisotopic (exact) mass is 234 g/mol. The van der Waals surface area contributed by atoms with Gasteiger partial charge < -0.3 is 15.4 Å². The zero-order chi connectivity index (χ0) is 12.4. The summed E-state index contributed by atoms with van der Waals surface area (Å²) in [6, 6.07) is 1.26. The highest BCUT2D eigenvalue weighted by atomic mass is 16.4. The third-order valence-corrected chi connectivity index (χ3v) is 2.58. The van der Waals surface area contributed by atoms with Crippen molar-refractivity contribution in [1.82, 2.24) is 15.0 Å². The first-order valence-electron chi connectivity index (χ1n) is 5.41. The Morgan fingerprint density at radius 3 is 3.00 bits per heavy atom. The third kappa shape index (κ3) is 2.20. The molecule has 1 unspecified atom stereocenters. The Morgan fingerprint density at radius 2 is 2.35 bits per heavy atom. The van der Waals surface area contributed by atoms with E-state index in [-0.39, 0.29) is 0 Å². The predicted octanol–water partition coefficient (Wildman–Crippen LogP) is 1.54. The molecule has 0 aliphatic rings. The highest BCUT2D eigenvalue weighted by Crippen LogP contribution is 2.20. The van der Waals surface area contributed by atoms with Crippen LogP contribution in [-0.4, -0.2) is 32.1 Å². The van der Waals surface area contributed by atoms with Crippen LogP contribution in [0.4, 0.5) is 5.82 Å². The number of anilines is 1. The topological polar surface area (TPSA) is 90.9 Å². The molecule has 2 aromatic rings. The molecule has 0 spiro atoms. The van der Waals surface area contributed by atoms with Gasteiger partial charge in [0, 0.05) is 5.69 Å². The van der Waals surface area contributed by atoms with Crippen molar-refractivity contribution in [1.29, 1.82) is 0 Å². The number of nitrogens with zero attached hydrogens (tertiary/aromatic N) is 2. The zero-order valence-corrected chi connectivity index (χ0v) is 9.69. The number of carbonyl (C=O) groups is 1. The van der Waals surface area contributed by atoms with Crippen molar-refractivity contribution in [3.8, 4) is 0 Å². The van der Waals surface area contributed by atoms with Gasteiger partial charge in [0.15, 0.2) is 0 Å². The number of aromatic amines is 1. The summed E-state index contributed by atoms with van der Waals surface area (Å²) in [5, 5.41) is 12.7. The molecule has 0 aromatic carbocycles. The highest BCUT2D eigenvalue weighted by molar-refractivity contribution is 5.89. The van der Waals surface area contributed by atoms with Crippen LogP contribution in [-0.2, 0) is 4.79 Å². The summed E-state index contributed by atoms with van der Waals surface area (Å²) in [5.41, 5.74) is 1.67. The van der Waals surface area contributed by atoms with Gasteiger partial charge in [-0.2, -0.15) is 0 Å². The molecule has 90 valence electrons. The van der Waals surface area contributed by atoms with Crippen molar-refractivity contribution >= 4 is 22.8 Å². The molecule has 0 amide bonds. The number of aryl methyl sites for hydroxylation is 1. The van der Waals surface area contributed by atoms with Gasteiger partial charge in [0.1, 0.15) is 23.8 Å². The van der Waals surface area contributed by atoms with Gasteiger partial charge >= 0.3 is 5.97 Å². The van der Waals surface area contributed by atoms with Gasteiger partial charge in [0.05, 0.1) is 5.39 Å². The molecule has 0 saturated heterocycles. The maximum atomic E-state index is 11.0. The molecule has 2 heterocycles. The minimum absolute atomic E-state index is 0.490. The van der Waals surface area contributed by atoms with E-state index in [4.69, 9.17) is 5.11 Å². The number of aromatic nitrogens is 3. The van der Waals surface area contributed by atoms with E-state index in [1.165, 1.54) is 6.33 Å². The summed E-state index contributed by atoms with van der Waals surface area (Å²) in [6.45, 7) is 3.73. The molecule has 2 rings (SSSR count). The van der Waals surface area contributed by atoms with Crippen molar-refractivity contribution in [2.24, 2.45) is 0 Å². The van der Waals surface area contributed by atoms with Crippen LogP contribution < -0.4 is 5.32 Å². The van der Waals surface area contributed by atoms with Gasteiger partial charge in [-0.25, -0.2) is 14.8 Å². The molecule has 1 atom stereocenters. The molecule has 0 radical (unpaired) electrons. The fraction of sp³-hybridized carbons (Fsp3) is 0.364. The number of carboxylic acid groups (broad SMARTS) is 1. The number of nitrogens with one attached hydrogen (secondary N) is 2. The number of hydrogen-bond acceptors (Lipinski definition) is 4. The van der Waals surface area contributed by atoms with Crippen LogP contribution in [0, 0.1) is 6.92 Å². The second-order valence-electron chi connectivity index (χ2n) is 3.88. The molecule has 0 aliphatic heterocycles. The molecule has 0 aliphatic carbocycles. The van der Waals surface area contributed by atoms with Gasteiger partial charge in [0.2, 0.25) is 0 Å². The third-order valence-electron chi connectivity index (χ3n) is 2.58. The number of aliphatic carboxylic acids is 1. The van der Waals surface area contributed by atoms with E-state index in [1.807, 2.05) is 19.9 Å². The molecular weight excluding hydrogens is 220 g/mol. The summed E-state index contributed by atoms with van der Waals surface area (Å²) in [6.07, 6.45) is 1.90. The highest BCUT2D eigenvalue weighted by Gasteiger charge is 2.16. The van der Waals surface area contributed by atoms with Crippen LogP contribution in [0.5, 0.6) is 0 Å². The summed E-state index contributed by atoms with van der Waals surface area (Å²) in [4.78, 5) is 22.2. The van der Waals surface area contributed by atoms with E-state index in [9.17, 15) is 4.79 Å². The maximum absolute atomic E-state index is 11.0. The molecule has 0 fully saturated rings. The Kier molecular flexibility index (Phi) is 2.95. The van der Waals surface area contributed by atoms with Crippen LogP contribution in [0.1, 0.15) is 19.0 Å². The summed E-state index contributed by atoms with van der Waals surface area (Å²) in [7, 11) is 0. The van der Waals surface area contributed by atoms with Crippen LogP contribution >= 0.6 is 0 Å². The first-order valence-corrected chi connectivity index (χ1v) is 5.41. The molecule has 0 saturated carbocycles.